The first kappa shape index (κ1) is 28.5. The van der Waals surface area contributed by atoms with Crippen molar-refractivity contribution in [3.05, 3.63) is 88.9 Å². The molecule has 8 nitrogen and oxygen atoms in total. The van der Waals surface area contributed by atoms with E-state index < -0.39 is 11.6 Å². The molecule has 0 spiro atoms. The molecule has 5 heterocycles. The van der Waals surface area contributed by atoms with Gasteiger partial charge in [0.25, 0.3) is 0 Å². The van der Waals surface area contributed by atoms with Crippen molar-refractivity contribution in [3.63, 3.8) is 0 Å². The number of aromatic nitrogens is 4. The van der Waals surface area contributed by atoms with Crippen LogP contribution in [-0.4, -0.2) is 49.3 Å². The number of carbonyl (C=O) groups is 1. The van der Waals surface area contributed by atoms with E-state index in [-0.39, 0.29) is 34.9 Å². The molecule has 1 fully saturated rings. The smallest absolute Gasteiger partial charge is 0.250 e. The molecular weight excluding hydrogens is 572 g/mol. The van der Waals surface area contributed by atoms with E-state index in [1.165, 1.54) is 34.1 Å². The van der Waals surface area contributed by atoms with Gasteiger partial charge in [-0.2, -0.15) is 5.10 Å². The Kier molecular flexibility index (Phi) is 7.43. The summed E-state index contributed by atoms with van der Waals surface area (Å²) in [7, 11) is 1.67. The fourth-order valence-electron chi connectivity index (χ4n) is 5.51. The zero-order chi connectivity index (χ0) is 30.4. The standard InChI is InChI=1S/C32H29F2N5O3S/c1-5-26(40)38-10-8-22(17-38)39-16-20(14-35-39)31-29(28-24(34)12-21(33)13-25(28)42-18(2)3)32-23(9-11-43-32)30(36-31)19-6-7-27(41)37(4)15-19/h5-7,9,11-16,18,22H,1,8,10,17H2,2-4H3. The second kappa shape index (κ2) is 11.2. The molecule has 0 saturated carbocycles. The predicted octanol–water partition coefficient (Wildman–Crippen LogP) is 6.22. The Morgan fingerprint density at radius 3 is 2.70 bits per heavy atom. The van der Waals surface area contributed by atoms with E-state index in [4.69, 9.17) is 9.72 Å². The van der Waals surface area contributed by atoms with E-state index in [1.54, 1.807) is 48.9 Å². The van der Waals surface area contributed by atoms with Crippen LogP contribution in [0.4, 0.5) is 8.78 Å². The molecular formula is C32H29F2N5O3S. The lowest BCUT2D eigenvalue weighted by Crippen LogP contribution is -2.27. The highest BCUT2D eigenvalue weighted by Gasteiger charge is 2.29. The summed E-state index contributed by atoms with van der Waals surface area (Å²) in [5.74, 6) is -1.58. The van der Waals surface area contributed by atoms with Gasteiger partial charge in [0.05, 0.1) is 35.3 Å². The Hall–Kier alpha value is -4.64. The van der Waals surface area contributed by atoms with Gasteiger partial charge in [-0.05, 0) is 43.9 Å². The number of amides is 1. The number of aryl methyl sites for hydroxylation is 1. The first-order valence-electron chi connectivity index (χ1n) is 13.8. The van der Waals surface area contributed by atoms with Gasteiger partial charge in [-0.1, -0.05) is 6.58 Å². The Labute approximate surface area is 250 Å². The SMILES string of the molecule is C=CC(=O)N1CCC(n2cc(-c3nc(-c4ccc(=O)n(C)c4)c4ccsc4c3-c3c(F)cc(F)cc3OC(C)C)cn2)C1. The lowest BCUT2D eigenvalue weighted by molar-refractivity contribution is -0.125. The zero-order valence-corrected chi connectivity index (χ0v) is 24.7. The van der Waals surface area contributed by atoms with E-state index >= 15 is 4.39 Å². The molecule has 11 heteroatoms. The fraction of sp³-hybridized carbons (Fsp3) is 0.250. The van der Waals surface area contributed by atoms with Crippen molar-refractivity contribution in [3.8, 4) is 39.4 Å². The Morgan fingerprint density at radius 2 is 1.95 bits per heavy atom. The second-order valence-corrected chi connectivity index (χ2v) is 11.7. The minimum absolute atomic E-state index is 0.0583. The molecule has 4 aromatic heterocycles. The van der Waals surface area contributed by atoms with E-state index in [9.17, 15) is 14.0 Å². The fourth-order valence-corrected chi connectivity index (χ4v) is 6.45. The minimum Gasteiger partial charge on any atom is -0.490 e. The van der Waals surface area contributed by atoms with Crippen LogP contribution in [0.3, 0.4) is 0 Å². The van der Waals surface area contributed by atoms with Crippen LogP contribution in [0.2, 0.25) is 0 Å². The maximum Gasteiger partial charge on any atom is 0.250 e. The number of ether oxygens (including phenoxy) is 1. The largest absolute Gasteiger partial charge is 0.490 e. The number of thiophene rings is 1. The second-order valence-electron chi connectivity index (χ2n) is 10.8. The number of carbonyl (C=O) groups excluding carboxylic acids is 1. The number of benzene rings is 1. The van der Waals surface area contributed by atoms with E-state index in [0.717, 1.165) is 16.2 Å². The molecule has 220 valence electrons. The van der Waals surface area contributed by atoms with Crippen molar-refractivity contribution in [1.82, 2.24) is 24.2 Å². The third-order valence-corrected chi connectivity index (χ3v) is 8.43. The third kappa shape index (κ3) is 5.25. The van der Waals surface area contributed by atoms with Gasteiger partial charge in [-0.15, -0.1) is 11.3 Å². The van der Waals surface area contributed by atoms with Crippen molar-refractivity contribution in [2.24, 2.45) is 7.05 Å². The van der Waals surface area contributed by atoms with Crippen molar-refractivity contribution in [2.75, 3.05) is 13.1 Å². The molecule has 5 aromatic rings. The highest BCUT2D eigenvalue weighted by molar-refractivity contribution is 7.18. The summed E-state index contributed by atoms with van der Waals surface area (Å²) in [5.41, 5.74) is 2.77. The van der Waals surface area contributed by atoms with Crippen molar-refractivity contribution >= 4 is 27.3 Å². The number of fused-ring (bicyclic) bond motifs is 1. The third-order valence-electron chi connectivity index (χ3n) is 7.50. The van der Waals surface area contributed by atoms with Crippen LogP contribution in [-0.2, 0) is 11.8 Å². The highest BCUT2D eigenvalue weighted by Crippen LogP contribution is 2.47. The first-order chi connectivity index (χ1) is 20.6. The minimum atomic E-state index is -0.773. The van der Waals surface area contributed by atoms with Crippen molar-refractivity contribution < 1.29 is 18.3 Å². The topological polar surface area (TPSA) is 82.2 Å². The molecule has 1 unspecified atom stereocenters. The van der Waals surface area contributed by atoms with Gasteiger partial charge in [-0.3, -0.25) is 14.3 Å². The van der Waals surface area contributed by atoms with Crippen LogP contribution in [0.25, 0.3) is 43.7 Å². The van der Waals surface area contributed by atoms with Gasteiger partial charge >= 0.3 is 0 Å². The first-order valence-corrected chi connectivity index (χ1v) is 14.7. The van der Waals surface area contributed by atoms with Gasteiger partial charge in [-0.25, -0.2) is 13.8 Å². The number of likely N-dealkylation sites (tertiary alicyclic amines) is 1. The Morgan fingerprint density at radius 1 is 1.14 bits per heavy atom. The quantitative estimate of drug-likeness (QED) is 0.207. The van der Waals surface area contributed by atoms with Crippen LogP contribution >= 0.6 is 11.3 Å². The van der Waals surface area contributed by atoms with E-state index in [2.05, 4.69) is 11.7 Å². The lowest BCUT2D eigenvalue weighted by atomic mass is 9.96. The molecule has 0 aliphatic carbocycles. The summed E-state index contributed by atoms with van der Waals surface area (Å²) in [5, 5.41) is 7.26. The van der Waals surface area contributed by atoms with Gasteiger partial charge < -0.3 is 14.2 Å². The maximum absolute atomic E-state index is 15.9. The summed E-state index contributed by atoms with van der Waals surface area (Å²) in [6.07, 6.45) is 6.90. The van der Waals surface area contributed by atoms with E-state index in [0.29, 0.717) is 47.6 Å². The maximum atomic E-state index is 15.9. The molecule has 1 aliphatic heterocycles. The lowest BCUT2D eigenvalue weighted by Gasteiger charge is -2.19. The summed E-state index contributed by atoms with van der Waals surface area (Å²) in [6, 6.07) is 7.07. The molecule has 6 rings (SSSR count). The van der Waals surface area contributed by atoms with Gasteiger partial charge in [0.2, 0.25) is 11.5 Å². The zero-order valence-electron chi connectivity index (χ0n) is 23.9. The number of pyridine rings is 2. The summed E-state index contributed by atoms with van der Waals surface area (Å²) in [4.78, 5) is 31.1. The molecule has 1 aliphatic rings. The Balaban J connectivity index is 1.60. The highest BCUT2D eigenvalue weighted by atomic mass is 32.1. The molecule has 43 heavy (non-hydrogen) atoms. The molecule has 1 aromatic carbocycles. The van der Waals surface area contributed by atoms with Gasteiger partial charge in [0, 0.05) is 77.5 Å². The van der Waals surface area contributed by atoms with Crippen LogP contribution in [0.15, 0.2) is 71.8 Å². The van der Waals surface area contributed by atoms with Crippen LogP contribution in [0.1, 0.15) is 26.3 Å². The average molecular weight is 602 g/mol. The van der Waals surface area contributed by atoms with Crippen LogP contribution in [0, 0.1) is 11.6 Å². The van der Waals surface area contributed by atoms with Crippen LogP contribution < -0.4 is 10.3 Å². The molecule has 0 N–H and O–H groups in total. The predicted molar refractivity (Wildman–Crippen MR) is 163 cm³/mol. The summed E-state index contributed by atoms with van der Waals surface area (Å²) in [6.45, 7) is 8.24. The normalized spacial score (nSPS) is 15.0. The summed E-state index contributed by atoms with van der Waals surface area (Å²) >= 11 is 1.41. The monoisotopic (exact) mass is 601 g/mol. The number of nitrogens with zero attached hydrogens (tertiary/aromatic N) is 5. The number of hydrogen-bond acceptors (Lipinski definition) is 6. The van der Waals surface area contributed by atoms with Crippen molar-refractivity contribution in [1.29, 1.82) is 0 Å². The molecule has 1 saturated heterocycles. The number of hydrogen-bond donors (Lipinski definition) is 0. The average Bonchev–Trinajstić information content (AvgIpc) is 3.74. The van der Waals surface area contributed by atoms with Gasteiger partial charge in [0.1, 0.15) is 17.4 Å². The molecule has 1 atom stereocenters. The molecule has 1 amide bonds. The summed E-state index contributed by atoms with van der Waals surface area (Å²) < 4.78 is 40.3. The molecule has 0 radical (unpaired) electrons. The van der Waals surface area contributed by atoms with E-state index in [1.807, 2.05) is 17.6 Å². The number of rotatable bonds is 7. The molecule has 0 bridgehead atoms. The Bertz CT molecular complexity index is 1940. The van der Waals surface area contributed by atoms with Crippen LogP contribution in [0.5, 0.6) is 5.75 Å². The number of halogens is 2. The van der Waals surface area contributed by atoms with Gasteiger partial charge in [0.15, 0.2) is 0 Å². The van der Waals surface area contributed by atoms with Crippen molar-refractivity contribution in [2.45, 2.75) is 32.4 Å².